The van der Waals surface area contributed by atoms with Gasteiger partial charge in [0, 0.05) is 6.04 Å². The van der Waals surface area contributed by atoms with Crippen LogP contribution in [-0.2, 0) is 0 Å². The van der Waals surface area contributed by atoms with Gasteiger partial charge in [0.15, 0.2) is 0 Å². The van der Waals surface area contributed by atoms with E-state index in [0.29, 0.717) is 0 Å². The van der Waals surface area contributed by atoms with Gasteiger partial charge in [0.1, 0.15) is 0 Å². The van der Waals surface area contributed by atoms with Crippen molar-refractivity contribution in [1.82, 2.24) is 5.32 Å². The third-order valence-corrected chi connectivity index (χ3v) is 4.91. The van der Waals surface area contributed by atoms with Gasteiger partial charge in [-0.05, 0) is 56.4 Å². The van der Waals surface area contributed by atoms with Gasteiger partial charge in [0.2, 0.25) is 0 Å². The number of hydrogen-bond donors (Lipinski definition) is 1. The fourth-order valence-corrected chi connectivity index (χ4v) is 3.59. The summed E-state index contributed by atoms with van der Waals surface area (Å²) >= 11 is 0. The molecule has 0 amide bonds. The van der Waals surface area contributed by atoms with Crippen LogP contribution in [0.1, 0.15) is 79.1 Å². The summed E-state index contributed by atoms with van der Waals surface area (Å²) in [6, 6.07) is 0.801. The summed E-state index contributed by atoms with van der Waals surface area (Å²) in [5, 5.41) is 3.76. The van der Waals surface area contributed by atoms with Gasteiger partial charge < -0.3 is 5.32 Å². The Balaban J connectivity index is 2.34. The predicted molar refractivity (Wildman–Crippen MR) is 81.9 cm³/mol. The van der Waals surface area contributed by atoms with E-state index in [1.807, 2.05) is 0 Å². The highest BCUT2D eigenvalue weighted by molar-refractivity contribution is 4.82. The molecule has 1 heteroatoms. The molecule has 0 aliphatic heterocycles. The zero-order chi connectivity index (χ0) is 13.4. The standard InChI is InChI=1S/C17H35N/c1-5-7-8-9-17(18-6-2)16-12-10-15(11-13-16)14(3)4/h14-18H,5-13H2,1-4H3. The molecule has 18 heavy (non-hydrogen) atoms. The topological polar surface area (TPSA) is 12.0 Å². The van der Waals surface area contributed by atoms with E-state index in [1.54, 1.807) is 0 Å². The van der Waals surface area contributed by atoms with Crippen LogP contribution < -0.4 is 5.32 Å². The van der Waals surface area contributed by atoms with E-state index < -0.39 is 0 Å². The van der Waals surface area contributed by atoms with Crippen molar-refractivity contribution >= 4 is 0 Å². The highest BCUT2D eigenvalue weighted by Gasteiger charge is 2.27. The largest absolute Gasteiger partial charge is 0.314 e. The summed E-state index contributed by atoms with van der Waals surface area (Å²) in [6.07, 6.45) is 11.4. The fourth-order valence-electron chi connectivity index (χ4n) is 3.59. The first-order chi connectivity index (χ1) is 8.69. The molecule has 0 spiro atoms. The molecule has 0 aromatic rings. The van der Waals surface area contributed by atoms with Gasteiger partial charge in [-0.1, -0.05) is 47.0 Å². The molecular weight excluding hydrogens is 218 g/mol. The molecular formula is C17H35N. The van der Waals surface area contributed by atoms with E-state index >= 15 is 0 Å². The second kappa shape index (κ2) is 8.96. The molecule has 0 heterocycles. The van der Waals surface area contributed by atoms with Crippen molar-refractivity contribution in [3.8, 4) is 0 Å². The Bertz CT molecular complexity index is 192. The van der Waals surface area contributed by atoms with Gasteiger partial charge in [-0.2, -0.15) is 0 Å². The Morgan fingerprint density at radius 2 is 1.56 bits per heavy atom. The van der Waals surface area contributed by atoms with Gasteiger partial charge in [-0.25, -0.2) is 0 Å². The van der Waals surface area contributed by atoms with Crippen LogP contribution in [0.25, 0.3) is 0 Å². The summed E-state index contributed by atoms with van der Waals surface area (Å²) < 4.78 is 0. The van der Waals surface area contributed by atoms with Crippen LogP contribution in [0.2, 0.25) is 0 Å². The monoisotopic (exact) mass is 253 g/mol. The van der Waals surface area contributed by atoms with Crippen molar-refractivity contribution in [2.45, 2.75) is 85.1 Å². The first kappa shape index (κ1) is 16.0. The van der Waals surface area contributed by atoms with Crippen LogP contribution in [0.4, 0.5) is 0 Å². The zero-order valence-electron chi connectivity index (χ0n) is 13.2. The van der Waals surface area contributed by atoms with Crippen molar-refractivity contribution in [3.05, 3.63) is 0 Å². The van der Waals surface area contributed by atoms with Gasteiger partial charge in [-0.15, -0.1) is 0 Å². The number of nitrogens with one attached hydrogen (secondary N) is 1. The van der Waals surface area contributed by atoms with Crippen LogP contribution in [0.3, 0.4) is 0 Å². The lowest BCUT2D eigenvalue weighted by molar-refractivity contribution is 0.183. The normalized spacial score (nSPS) is 26.5. The van der Waals surface area contributed by atoms with E-state index in [4.69, 9.17) is 0 Å². The zero-order valence-corrected chi connectivity index (χ0v) is 13.2. The van der Waals surface area contributed by atoms with E-state index in [2.05, 4.69) is 33.0 Å². The van der Waals surface area contributed by atoms with Crippen LogP contribution in [0, 0.1) is 17.8 Å². The second-order valence-electron chi connectivity index (χ2n) is 6.58. The molecule has 1 atom stereocenters. The van der Waals surface area contributed by atoms with Gasteiger partial charge in [0.05, 0.1) is 0 Å². The highest BCUT2D eigenvalue weighted by atomic mass is 14.9. The molecule has 1 saturated carbocycles. The quantitative estimate of drug-likeness (QED) is 0.600. The van der Waals surface area contributed by atoms with Crippen molar-refractivity contribution in [2.75, 3.05) is 6.54 Å². The molecule has 1 aliphatic rings. The van der Waals surface area contributed by atoms with Gasteiger partial charge in [-0.3, -0.25) is 0 Å². The number of rotatable bonds is 8. The van der Waals surface area contributed by atoms with Crippen molar-refractivity contribution in [1.29, 1.82) is 0 Å². The molecule has 1 N–H and O–H groups in total. The predicted octanol–water partition coefficient (Wildman–Crippen LogP) is 5.01. The minimum atomic E-state index is 0.801. The summed E-state index contributed by atoms with van der Waals surface area (Å²) in [7, 11) is 0. The minimum absolute atomic E-state index is 0.801. The molecule has 0 radical (unpaired) electrons. The van der Waals surface area contributed by atoms with Crippen LogP contribution in [-0.4, -0.2) is 12.6 Å². The summed E-state index contributed by atoms with van der Waals surface area (Å²) in [5.41, 5.74) is 0. The molecule has 0 aromatic carbocycles. The molecule has 1 unspecified atom stereocenters. The lowest BCUT2D eigenvalue weighted by atomic mass is 9.74. The maximum atomic E-state index is 3.76. The molecule has 1 fully saturated rings. The summed E-state index contributed by atoms with van der Waals surface area (Å²) in [6.45, 7) is 10.5. The molecule has 1 aliphatic carbocycles. The first-order valence-corrected chi connectivity index (χ1v) is 8.42. The maximum absolute atomic E-state index is 3.76. The van der Waals surface area contributed by atoms with Crippen molar-refractivity contribution in [3.63, 3.8) is 0 Å². The second-order valence-corrected chi connectivity index (χ2v) is 6.58. The van der Waals surface area contributed by atoms with E-state index in [9.17, 15) is 0 Å². The Hall–Kier alpha value is -0.0400. The smallest absolute Gasteiger partial charge is 0.00952 e. The maximum Gasteiger partial charge on any atom is 0.00952 e. The lowest BCUT2D eigenvalue weighted by Crippen LogP contribution is -2.38. The van der Waals surface area contributed by atoms with E-state index in [0.717, 1.165) is 30.3 Å². The molecule has 1 nitrogen and oxygen atoms in total. The van der Waals surface area contributed by atoms with Crippen LogP contribution in [0.15, 0.2) is 0 Å². The Labute approximate surface area is 115 Å². The number of unbranched alkanes of at least 4 members (excludes halogenated alkanes) is 2. The summed E-state index contributed by atoms with van der Waals surface area (Å²) in [4.78, 5) is 0. The molecule has 0 bridgehead atoms. The van der Waals surface area contributed by atoms with E-state index in [-0.39, 0.29) is 0 Å². The Kier molecular flexibility index (Phi) is 7.97. The minimum Gasteiger partial charge on any atom is -0.314 e. The fraction of sp³-hybridized carbons (Fsp3) is 1.00. The highest BCUT2D eigenvalue weighted by Crippen LogP contribution is 2.35. The molecule has 1 rings (SSSR count). The molecule has 108 valence electrons. The Morgan fingerprint density at radius 1 is 0.944 bits per heavy atom. The van der Waals surface area contributed by atoms with E-state index in [1.165, 1.54) is 51.4 Å². The third kappa shape index (κ3) is 5.30. The first-order valence-electron chi connectivity index (χ1n) is 8.42. The van der Waals surface area contributed by atoms with Crippen LogP contribution >= 0.6 is 0 Å². The third-order valence-electron chi connectivity index (χ3n) is 4.91. The van der Waals surface area contributed by atoms with Gasteiger partial charge in [0.25, 0.3) is 0 Å². The average molecular weight is 253 g/mol. The van der Waals surface area contributed by atoms with Crippen LogP contribution in [0.5, 0.6) is 0 Å². The molecule has 0 aromatic heterocycles. The SMILES string of the molecule is CCCCCC(NCC)C1CCC(C(C)C)CC1. The average Bonchev–Trinajstić information content (AvgIpc) is 2.38. The van der Waals surface area contributed by atoms with Gasteiger partial charge >= 0.3 is 0 Å². The molecule has 0 saturated heterocycles. The Morgan fingerprint density at radius 3 is 2.06 bits per heavy atom. The van der Waals surface area contributed by atoms with Crippen molar-refractivity contribution < 1.29 is 0 Å². The van der Waals surface area contributed by atoms with Crippen molar-refractivity contribution in [2.24, 2.45) is 17.8 Å². The number of hydrogen-bond acceptors (Lipinski definition) is 1. The summed E-state index contributed by atoms with van der Waals surface area (Å²) in [5.74, 6) is 2.85. The lowest BCUT2D eigenvalue weighted by Gasteiger charge is -2.36.